The maximum Gasteiger partial charge on any atom is 0.208 e. The Morgan fingerprint density at radius 1 is 1.53 bits per heavy atom. The molecule has 0 atom stereocenters. The largest absolute Gasteiger partial charge is 0.387 e. The van der Waals surface area contributed by atoms with Gasteiger partial charge in [0.05, 0.1) is 6.54 Å². The molecule has 0 aliphatic rings. The van der Waals surface area contributed by atoms with Gasteiger partial charge in [0.1, 0.15) is 17.1 Å². The van der Waals surface area contributed by atoms with Crippen molar-refractivity contribution in [3.05, 3.63) is 47.3 Å². The summed E-state index contributed by atoms with van der Waals surface area (Å²) in [6, 6.07) is 4.64. The first-order valence-electron chi connectivity index (χ1n) is 5.00. The van der Waals surface area contributed by atoms with E-state index in [1.54, 1.807) is 17.1 Å². The van der Waals surface area contributed by atoms with Crippen LogP contribution in [-0.4, -0.2) is 19.8 Å². The number of hydrogen-bond acceptors (Lipinski definition) is 3. The third-order valence-electron chi connectivity index (χ3n) is 2.39. The predicted molar refractivity (Wildman–Crippen MR) is 66.1 cm³/mol. The van der Waals surface area contributed by atoms with E-state index in [4.69, 9.17) is 18.0 Å². The molecule has 0 amide bonds. The lowest BCUT2D eigenvalue weighted by Gasteiger charge is -2.05. The van der Waals surface area contributed by atoms with Crippen LogP contribution < -0.4 is 5.73 Å². The van der Waals surface area contributed by atoms with Crippen LogP contribution in [0.3, 0.4) is 0 Å². The van der Waals surface area contributed by atoms with E-state index >= 15 is 0 Å². The van der Waals surface area contributed by atoms with Crippen molar-refractivity contribution in [2.45, 2.75) is 13.5 Å². The maximum atomic E-state index is 12.9. The summed E-state index contributed by atoms with van der Waals surface area (Å²) in [7, 11) is 0. The molecular weight excluding hydrogens is 239 g/mol. The van der Waals surface area contributed by atoms with E-state index in [0.717, 1.165) is 11.1 Å². The van der Waals surface area contributed by atoms with Crippen LogP contribution in [0.5, 0.6) is 0 Å². The van der Waals surface area contributed by atoms with Gasteiger partial charge in [0.15, 0.2) is 0 Å². The second kappa shape index (κ2) is 4.58. The first kappa shape index (κ1) is 11.7. The van der Waals surface area contributed by atoms with E-state index < -0.39 is 0 Å². The molecule has 88 valence electrons. The van der Waals surface area contributed by atoms with Gasteiger partial charge in [-0.15, -0.1) is 5.10 Å². The van der Waals surface area contributed by atoms with Crippen molar-refractivity contribution < 1.29 is 4.39 Å². The lowest BCUT2D eigenvalue weighted by atomic mass is 10.1. The standard InChI is InChI=1S/C11H11FN4S/c1-7-4-9(12)3-2-8(7)5-16-6-14-11(15-16)10(13)17/h2-4,6H,5H2,1H3,(H2,13,17). The van der Waals surface area contributed by atoms with Crippen molar-refractivity contribution in [3.8, 4) is 0 Å². The summed E-state index contributed by atoms with van der Waals surface area (Å²) in [6.45, 7) is 2.37. The van der Waals surface area contributed by atoms with Gasteiger partial charge in [-0.05, 0) is 30.2 Å². The number of aryl methyl sites for hydroxylation is 1. The summed E-state index contributed by atoms with van der Waals surface area (Å²) in [4.78, 5) is 4.14. The molecule has 0 saturated carbocycles. The fourth-order valence-corrected chi connectivity index (χ4v) is 1.59. The number of nitrogens with zero attached hydrogens (tertiary/aromatic N) is 3. The van der Waals surface area contributed by atoms with Gasteiger partial charge in [-0.3, -0.25) is 0 Å². The molecule has 17 heavy (non-hydrogen) atoms. The number of benzene rings is 1. The summed E-state index contributed by atoms with van der Waals surface area (Å²) in [5.41, 5.74) is 7.26. The van der Waals surface area contributed by atoms with Gasteiger partial charge in [0.25, 0.3) is 0 Å². The van der Waals surface area contributed by atoms with Gasteiger partial charge in [-0.2, -0.15) is 0 Å². The molecule has 2 rings (SSSR count). The maximum absolute atomic E-state index is 12.9. The van der Waals surface area contributed by atoms with Gasteiger partial charge in [0, 0.05) is 0 Å². The van der Waals surface area contributed by atoms with Crippen LogP contribution >= 0.6 is 12.2 Å². The molecule has 0 bridgehead atoms. The third-order valence-corrected chi connectivity index (χ3v) is 2.58. The smallest absolute Gasteiger partial charge is 0.208 e. The minimum absolute atomic E-state index is 0.166. The van der Waals surface area contributed by atoms with E-state index in [2.05, 4.69) is 10.1 Å². The number of rotatable bonds is 3. The van der Waals surface area contributed by atoms with Crippen LogP contribution in [-0.2, 0) is 6.54 Å². The summed E-state index contributed by atoms with van der Waals surface area (Å²) in [6.07, 6.45) is 1.55. The molecule has 4 nitrogen and oxygen atoms in total. The average molecular weight is 250 g/mol. The van der Waals surface area contributed by atoms with Crippen molar-refractivity contribution in [2.75, 3.05) is 0 Å². The minimum atomic E-state index is -0.242. The molecule has 0 spiro atoms. The quantitative estimate of drug-likeness (QED) is 0.837. The average Bonchev–Trinajstić information content (AvgIpc) is 2.71. The first-order chi connectivity index (χ1) is 8.06. The monoisotopic (exact) mass is 250 g/mol. The SMILES string of the molecule is Cc1cc(F)ccc1Cn1cnc(C(N)=S)n1. The Bertz CT molecular complexity index is 564. The number of aromatic nitrogens is 3. The zero-order valence-corrected chi connectivity index (χ0v) is 10.0. The molecule has 6 heteroatoms. The molecule has 1 aromatic heterocycles. The molecule has 0 aliphatic carbocycles. The molecule has 1 heterocycles. The van der Waals surface area contributed by atoms with Gasteiger partial charge in [-0.1, -0.05) is 18.3 Å². The third kappa shape index (κ3) is 2.65. The predicted octanol–water partition coefficient (Wildman–Crippen LogP) is 1.41. The number of hydrogen-bond donors (Lipinski definition) is 1. The summed E-state index contributed by atoms with van der Waals surface area (Å²) >= 11 is 4.77. The van der Waals surface area contributed by atoms with Crippen LogP contribution in [0.15, 0.2) is 24.5 Å². The van der Waals surface area contributed by atoms with Crippen molar-refractivity contribution in [3.63, 3.8) is 0 Å². The second-order valence-corrected chi connectivity index (χ2v) is 4.14. The molecule has 0 saturated heterocycles. The zero-order valence-electron chi connectivity index (χ0n) is 9.22. The Labute approximate surface area is 103 Å². The van der Waals surface area contributed by atoms with Crippen LogP contribution in [0.4, 0.5) is 4.39 Å². The number of thiocarbonyl (C=S) groups is 1. The first-order valence-corrected chi connectivity index (χ1v) is 5.41. The van der Waals surface area contributed by atoms with E-state index in [9.17, 15) is 4.39 Å². The van der Waals surface area contributed by atoms with Gasteiger partial charge >= 0.3 is 0 Å². The van der Waals surface area contributed by atoms with E-state index in [-0.39, 0.29) is 10.8 Å². The molecule has 2 N–H and O–H groups in total. The van der Waals surface area contributed by atoms with Crippen LogP contribution in [0.2, 0.25) is 0 Å². The highest BCUT2D eigenvalue weighted by atomic mass is 32.1. The topological polar surface area (TPSA) is 56.7 Å². The Morgan fingerprint density at radius 2 is 2.29 bits per heavy atom. The highest BCUT2D eigenvalue weighted by molar-refractivity contribution is 7.80. The van der Waals surface area contributed by atoms with Gasteiger partial charge < -0.3 is 5.73 Å². The molecule has 2 aromatic rings. The molecule has 0 unspecified atom stereocenters. The highest BCUT2D eigenvalue weighted by Gasteiger charge is 2.05. The lowest BCUT2D eigenvalue weighted by Crippen LogP contribution is -2.12. The summed E-state index contributed by atoms with van der Waals surface area (Å²) in [5, 5.41) is 4.11. The van der Waals surface area contributed by atoms with E-state index in [1.807, 2.05) is 6.92 Å². The van der Waals surface area contributed by atoms with Gasteiger partial charge in [0.2, 0.25) is 5.82 Å². The summed E-state index contributed by atoms with van der Waals surface area (Å²) in [5.74, 6) is 0.105. The van der Waals surface area contributed by atoms with Crippen LogP contribution in [0, 0.1) is 12.7 Å². The Balaban J connectivity index is 2.22. The fourth-order valence-electron chi connectivity index (χ4n) is 1.49. The van der Waals surface area contributed by atoms with Crippen molar-refractivity contribution in [1.82, 2.24) is 14.8 Å². The molecule has 0 fully saturated rings. The molecule has 1 aromatic carbocycles. The van der Waals surface area contributed by atoms with Crippen molar-refractivity contribution in [1.29, 1.82) is 0 Å². The molecular formula is C11H11FN4S. The van der Waals surface area contributed by atoms with Crippen molar-refractivity contribution >= 4 is 17.2 Å². The number of nitrogens with two attached hydrogens (primary N) is 1. The highest BCUT2D eigenvalue weighted by Crippen LogP contribution is 2.11. The summed E-state index contributed by atoms with van der Waals surface area (Å²) < 4.78 is 14.5. The van der Waals surface area contributed by atoms with Gasteiger partial charge in [-0.25, -0.2) is 14.1 Å². The normalized spacial score (nSPS) is 10.5. The fraction of sp³-hybridized carbons (Fsp3) is 0.182. The molecule has 0 radical (unpaired) electrons. The van der Waals surface area contributed by atoms with Crippen LogP contribution in [0.1, 0.15) is 17.0 Å². The van der Waals surface area contributed by atoms with E-state index in [1.165, 1.54) is 12.1 Å². The van der Waals surface area contributed by atoms with Crippen molar-refractivity contribution in [2.24, 2.45) is 5.73 Å². The Kier molecular flexibility index (Phi) is 3.14. The van der Waals surface area contributed by atoms with E-state index in [0.29, 0.717) is 12.4 Å². The minimum Gasteiger partial charge on any atom is -0.387 e. The Morgan fingerprint density at radius 3 is 2.88 bits per heavy atom. The Hall–Kier alpha value is -1.82. The zero-order chi connectivity index (χ0) is 12.4. The number of halogens is 1. The van der Waals surface area contributed by atoms with Crippen LogP contribution in [0.25, 0.3) is 0 Å². The lowest BCUT2D eigenvalue weighted by molar-refractivity contribution is 0.622. The molecule has 0 aliphatic heterocycles. The second-order valence-electron chi connectivity index (χ2n) is 3.70.